The Morgan fingerprint density at radius 3 is 2.55 bits per heavy atom. The predicted molar refractivity (Wildman–Crippen MR) is 76.1 cm³/mol. The lowest BCUT2D eigenvalue weighted by Crippen LogP contribution is -2.38. The molecule has 20 heavy (non-hydrogen) atoms. The van der Waals surface area contributed by atoms with E-state index in [2.05, 4.69) is 0 Å². The molecule has 0 aliphatic heterocycles. The van der Waals surface area contributed by atoms with Crippen LogP contribution in [0.3, 0.4) is 0 Å². The summed E-state index contributed by atoms with van der Waals surface area (Å²) in [7, 11) is 0. The monoisotopic (exact) mass is 280 g/mol. The van der Waals surface area contributed by atoms with Gasteiger partial charge in [-0.25, -0.2) is 4.39 Å². The number of hydrogen-bond acceptors (Lipinski definition) is 3. The van der Waals surface area contributed by atoms with Crippen molar-refractivity contribution in [3.63, 3.8) is 0 Å². The number of furan rings is 1. The molecule has 1 N–H and O–H groups in total. The van der Waals surface area contributed by atoms with Crippen LogP contribution < -0.4 is 0 Å². The summed E-state index contributed by atoms with van der Waals surface area (Å²) in [4.78, 5) is 0. The third-order valence-electron chi connectivity index (χ3n) is 3.91. The van der Waals surface area contributed by atoms with Crippen molar-refractivity contribution in [2.75, 3.05) is 6.61 Å². The fourth-order valence-electron chi connectivity index (χ4n) is 2.65. The van der Waals surface area contributed by atoms with Crippen molar-refractivity contribution in [3.8, 4) is 0 Å². The molecule has 0 radical (unpaired) electrons. The predicted octanol–water partition coefficient (Wildman–Crippen LogP) is 4.20. The number of aliphatic hydroxyl groups excluding tert-OH is 1. The van der Waals surface area contributed by atoms with Crippen LogP contribution in [0.25, 0.3) is 11.0 Å². The number of halogens is 1. The van der Waals surface area contributed by atoms with Gasteiger partial charge in [-0.1, -0.05) is 26.0 Å². The standard InChI is InChI=1S/C16H21FO3/c1-4-16(5-2,19-6-3)15(18)13-10-11-8-7-9-12(17)14(11)20-13/h7-10,15,18H,4-6H2,1-3H3. The fraction of sp³-hybridized carbons (Fsp3) is 0.500. The van der Waals surface area contributed by atoms with E-state index in [4.69, 9.17) is 9.15 Å². The van der Waals surface area contributed by atoms with Gasteiger partial charge in [-0.3, -0.25) is 0 Å². The highest BCUT2D eigenvalue weighted by atomic mass is 19.1. The summed E-state index contributed by atoms with van der Waals surface area (Å²) in [6, 6.07) is 6.41. The van der Waals surface area contributed by atoms with Crippen molar-refractivity contribution in [2.45, 2.75) is 45.3 Å². The summed E-state index contributed by atoms with van der Waals surface area (Å²) in [5.41, 5.74) is -0.516. The summed E-state index contributed by atoms with van der Waals surface area (Å²) in [6.45, 7) is 6.33. The van der Waals surface area contributed by atoms with E-state index in [0.717, 1.165) is 0 Å². The molecule has 4 heteroatoms. The van der Waals surface area contributed by atoms with Crippen LogP contribution in [0.1, 0.15) is 45.5 Å². The van der Waals surface area contributed by atoms with Crippen LogP contribution in [0.5, 0.6) is 0 Å². The molecule has 2 aromatic rings. The van der Waals surface area contributed by atoms with Crippen LogP contribution in [0, 0.1) is 5.82 Å². The van der Waals surface area contributed by atoms with Crippen molar-refractivity contribution in [2.24, 2.45) is 0 Å². The minimum absolute atomic E-state index is 0.180. The summed E-state index contributed by atoms with van der Waals surface area (Å²) >= 11 is 0. The molecule has 3 nitrogen and oxygen atoms in total. The zero-order valence-electron chi connectivity index (χ0n) is 12.1. The van der Waals surface area contributed by atoms with Crippen LogP contribution in [0.4, 0.5) is 4.39 Å². The van der Waals surface area contributed by atoms with Gasteiger partial charge in [0.05, 0.1) is 0 Å². The molecule has 0 fully saturated rings. The molecule has 0 aliphatic rings. The topological polar surface area (TPSA) is 42.6 Å². The molecule has 1 atom stereocenters. The van der Waals surface area contributed by atoms with Gasteiger partial charge in [0, 0.05) is 12.0 Å². The zero-order valence-corrected chi connectivity index (χ0v) is 12.1. The van der Waals surface area contributed by atoms with E-state index in [9.17, 15) is 9.50 Å². The normalized spacial score (nSPS) is 13.8. The first-order valence-electron chi connectivity index (χ1n) is 7.08. The molecular formula is C16H21FO3. The third kappa shape index (κ3) is 2.45. The Bertz CT molecular complexity index is 572. The molecule has 0 aliphatic carbocycles. The molecule has 0 saturated heterocycles. The number of benzene rings is 1. The van der Waals surface area contributed by atoms with Gasteiger partial charge in [0.1, 0.15) is 17.5 Å². The number of ether oxygens (including phenoxy) is 1. The molecule has 1 aromatic heterocycles. The first-order valence-corrected chi connectivity index (χ1v) is 7.08. The first-order chi connectivity index (χ1) is 9.57. The Hall–Kier alpha value is -1.39. The lowest BCUT2D eigenvalue weighted by atomic mass is 9.88. The Morgan fingerprint density at radius 2 is 2.00 bits per heavy atom. The average Bonchev–Trinajstić information content (AvgIpc) is 2.89. The van der Waals surface area contributed by atoms with Crippen molar-refractivity contribution in [1.82, 2.24) is 0 Å². The highest BCUT2D eigenvalue weighted by molar-refractivity contribution is 5.78. The van der Waals surface area contributed by atoms with Gasteiger partial charge >= 0.3 is 0 Å². The Morgan fingerprint density at radius 1 is 1.30 bits per heavy atom. The van der Waals surface area contributed by atoms with E-state index in [-0.39, 0.29) is 5.58 Å². The van der Waals surface area contributed by atoms with Crippen LogP contribution in [0.15, 0.2) is 28.7 Å². The van der Waals surface area contributed by atoms with E-state index in [1.165, 1.54) is 6.07 Å². The maximum absolute atomic E-state index is 13.7. The lowest BCUT2D eigenvalue weighted by molar-refractivity contribution is -0.133. The number of fused-ring (bicyclic) bond motifs is 1. The first kappa shape index (κ1) is 15.0. The highest BCUT2D eigenvalue weighted by Gasteiger charge is 2.38. The maximum Gasteiger partial charge on any atom is 0.170 e. The largest absolute Gasteiger partial charge is 0.455 e. The van der Waals surface area contributed by atoms with E-state index in [1.807, 2.05) is 20.8 Å². The van der Waals surface area contributed by atoms with Crippen LogP contribution in [-0.4, -0.2) is 17.3 Å². The number of hydrogen-bond donors (Lipinski definition) is 1. The molecule has 110 valence electrons. The molecule has 1 aromatic carbocycles. The fourth-order valence-corrected chi connectivity index (χ4v) is 2.65. The third-order valence-corrected chi connectivity index (χ3v) is 3.91. The van der Waals surface area contributed by atoms with E-state index in [0.29, 0.717) is 30.6 Å². The zero-order chi connectivity index (χ0) is 14.8. The molecule has 0 bridgehead atoms. The second-order valence-corrected chi connectivity index (χ2v) is 4.91. The van der Waals surface area contributed by atoms with Crippen molar-refractivity contribution in [1.29, 1.82) is 0 Å². The minimum atomic E-state index is -0.913. The van der Waals surface area contributed by atoms with Gasteiger partial charge < -0.3 is 14.3 Å². The summed E-state index contributed by atoms with van der Waals surface area (Å²) < 4.78 is 24.9. The van der Waals surface area contributed by atoms with Gasteiger partial charge in [0.25, 0.3) is 0 Å². The van der Waals surface area contributed by atoms with Crippen LogP contribution in [0.2, 0.25) is 0 Å². The second-order valence-electron chi connectivity index (χ2n) is 4.91. The van der Waals surface area contributed by atoms with Crippen LogP contribution in [-0.2, 0) is 4.74 Å². The second kappa shape index (κ2) is 5.94. The maximum atomic E-state index is 13.7. The molecular weight excluding hydrogens is 259 g/mol. The van der Waals surface area contributed by atoms with Crippen molar-refractivity contribution >= 4 is 11.0 Å². The number of aliphatic hydroxyl groups is 1. The number of para-hydroxylation sites is 1. The lowest BCUT2D eigenvalue weighted by Gasteiger charge is -2.35. The highest BCUT2D eigenvalue weighted by Crippen LogP contribution is 2.37. The van der Waals surface area contributed by atoms with Gasteiger partial charge in [0.2, 0.25) is 0 Å². The Labute approximate surface area is 118 Å². The van der Waals surface area contributed by atoms with Gasteiger partial charge in [-0.2, -0.15) is 0 Å². The van der Waals surface area contributed by atoms with E-state index in [1.54, 1.807) is 18.2 Å². The Balaban J connectivity index is 2.43. The molecule has 1 heterocycles. The quantitative estimate of drug-likeness (QED) is 0.862. The van der Waals surface area contributed by atoms with Crippen molar-refractivity contribution < 1.29 is 18.7 Å². The SMILES string of the molecule is CCOC(CC)(CC)C(O)c1cc2cccc(F)c2o1. The van der Waals surface area contributed by atoms with Crippen LogP contribution >= 0.6 is 0 Å². The van der Waals surface area contributed by atoms with Crippen molar-refractivity contribution in [3.05, 3.63) is 35.8 Å². The molecule has 0 amide bonds. The number of rotatable bonds is 6. The van der Waals surface area contributed by atoms with E-state index >= 15 is 0 Å². The van der Waals surface area contributed by atoms with Gasteiger partial charge in [-0.15, -0.1) is 0 Å². The average molecular weight is 280 g/mol. The molecule has 0 spiro atoms. The molecule has 2 rings (SSSR count). The minimum Gasteiger partial charge on any atom is -0.455 e. The summed E-state index contributed by atoms with van der Waals surface area (Å²) in [5.74, 6) is -0.0711. The molecule has 0 saturated carbocycles. The molecule has 1 unspecified atom stereocenters. The van der Waals surface area contributed by atoms with Gasteiger partial charge in [0.15, 0.2) is 11.4 Å². The summed E-state index contributed by atoms with van der Waals surface area (Å²) in [5, 5.41) is 11.3. The van der Waals surface area contributed by atoms with E-state index < -0.39 is 17.5 Å². The smallest absolute Gasteiger partial charge is 0.170 e. The Kier molecular flexibility index (Phi) is 4.45. The summed E-state index contributed by atoms with van der Waals surface area (Å²) in [6.07, 6.45) is 0.389. The van der Waals surface area contributed by atoms with Gasteiger partial charge in [-0.05, 0) is 31.9 Å².